The van der Waals surface area contributed by atoms with E-state index in [2.05, 4.69) is 10.0 Å². The molecule has 2 N–H and O–H groups in total. The van der Waals surface area contributed by atoms with Crippen molar-refractivity contribution in [2.75, 3.05) is 13.6 Å². The maximum atomic E-state index is 11.9. The third-order valence-electron chi connectivity index (χ3n) is 2.79. The van der Waals surface area contributed by atoms with Crippen molar-refractivity contribution < 1.29 is 21.6 Å². The van der Waals surface area contributed by atoms with Crippen molar-refractivity contribution in [3.05, 3.63) is 29.8 Å². The number of halogens is 3. The number of hydrogen-bond donors (Lipinski definition) is 2. The Morgan fingerprint density at radius 1 is 1.10 bits per heavy atom. The molecule has 0 unspecified atom stereocenters. The minimum atomic E-state index is -4.19. The lowest BCUT2D eigenvalue weighted by Gasteiger charge is -2.08. The number of nitrogens with one attached hydrogen (secondary N) is 2. The van der Waals surface area contributed by atoms with E-state index in [1.165, 1.54) is 12.1 Å². The van der Waals surface area contributed by atoms with Crippen molar-refractivity contribution in [1.82, 2.24) is 10.0 Å². The Labute approximate surface area is 122 Å². The molecule has 0 aliphatic rings. The van der Waals surface area contributed by atoms with Gasteiger partial charge in [-0.15, -0.1) is 0 Å². The summed E-state index contributed by atoms with van der Waals surface area (Å²) in [6.07, 6.45) is -5.03. The zero-order valence-electron chi connectivity index (χ0n) is 11.7. The van der Waals surface area contributed by atoms with E-state index >= 15 is 0 Å². The predicted octanol–water partition coefficient (Wildman–Crippen LogP) is 2.42. The first-order valence-electron chi connectivity index (χ1n) is 6.54. The van der Waals surface area contributed by atoms with Crippen molar-refractivity contribution in [2.45, 2.75) is 36.9 Å². The van der Waals surface area contributed by atoms with Gasteiger partial charge in [-0.2, -0.15) is 13.2 Å². The van der Waals surface area contributed by atoms with Gasteiger partial charge in [0.25, 0.3) is 0 Å². The molecule has 0 spiro atoms. The lowest BCUT2D eigenvalue weighted by molar-refractivity contribution is -0.135. The van der Waals surface area contributed by atoms with E-state index in [9.17, 15) is 21.6 Å². The first-order chi connectivity index (χ1) is 9.74. The summed E-state index contributed by atoms with van der Waals surface area (Å²) in [6.45, 7) is 0.627. The molecule has 0 radical (unpaired) electrons. The van der Waals surface area contributed by atoms with Crippen LogP contribution in [-0.4, -0.2) is 28.2 Å². The maximum absolute atomic E-state index is 11.9. The molecule has 0 bridgehead atoms. The zero-order chi connectivity index (χ0) is 15.9. The molecular weight excluding hydrogens is 305 g/mol. The topological polar surface area (TPSA) is 58.2 Å². The zero-order valence-corrected chi connectivity index (χ0v) is 12.5. The standard InChI is InChI=1S/C13H19F3N2O2S/c1-17-10-11-4-6-12(7-5-11)21(19,20)18-9-3-2-8-13(14,15)16/h4-7,17-18H,2-3,8-10H2,1H3. The molecule has 0 fully saturated rings. The Morgan fingerprint density at radius 2 is 1.71 bits per heavy atom. The fraction of sp³-hybridized carbons (Fsp3) is 0.538. The molecular formula is C13H19F3N2O2S. The highest BCUT2D eigenvalue weighted by Gasteiger charge is 2.25. The van der Waals surface area contributed by atoms with Gasteiger partial charge in [0.15, 0.2) is 0 Å². The average molecular weight is 324 g/mol. The van der Waals surface area contributed by atoms with Gasteiger partial charge in [-0.25, -0.2) is 13.1 Å². The van der Waals surface area contributed by atoms with Crippen LogP contribution >= 0.6 is 0 Å². The Balaban J connectivity index is 2.46. The fourth-order valence-electron chi connectivity index (χ4n) is 1.73. The van der Waals surface area contributed by atoms with Crippen LogP contribution in [0.3, 0.4) is 0 Å². The highest BCUT2D eigenvalue weighted by Crippen LogP contribution is 2.22. The monoisotopic (exact) mass is 324 g/mol. The minimum absolute atomic E-state index is 0.00329. The SMILES string of the molecule is CNCc1ccc(S(=O)(=O)NCCCCC(F)(F)F)cc1. The molecule has 21 heavy (non-hydrogen) atoms. The number of hydrogen-bond acceptors (Lipinski definition) is 3. The van der Waals surface area contributed by atoms with Crippen LogP contribution in [0.4, 0.5) is 13.2 Å². The highest BCUT2D eigenvalue weighted by molar-refractivity contribution is 7.89. The molecule has 120 valence electrons. The number of alkyl halides is 3. The number of rotatable bonds is 8. The van der Waals surface area contributed by atoms with Gasteiger partial charge < -0.3 is 5.32 Å². The summed E-state index contributed by atoms with van der Waals surface area (Å²) in [5.74, 6) is 0. The van der Waals surface area contributed by atoms with Crippen LogP contribution in [0, 0.1) is 0 Å². The molecule has 1 aromatic rings. The quantitative estimate of drug-likeness (QED) is 0.722. The molecule has 0 saturated carbocycles. The maximum Gasteiger partial charge on any atom is 0.389 e. The molecule has 1 rings (SSSR count). The smallest absolute Gasteiger partial charge is 0.316 e. The van der Waals surface area contributed by atoms with E-state index in [-0.39, 0.29) is 24.3 Å². The second-order valence-corrected chi connectivity index (χ2v) is 6.41. The van der Waals surface area contributed by atoms with E-state index in [0.717, 1.165) is 5.56 Å². The van der Waals surface area contributed by atoms with E-state index < -0.39 is 22.6 Å². The lowest BCUT2D eigenvalue weighted by atomic mass is 10.2. The summed E-state index contributed by atoms with van der Waals surface area (Å²) in [6, 6.07) is 6.33. The first kappa shape index (κ1) is 17.9. The van der Waals surface area contributed by atoms with Gasteiger partial charge in [-0.05, 0) is 37.6 Å². The number of unbranched alkanes of at least 4 members (excludes halogenated alkanes) is 1. The third kappa shape index (κ3) is 6.92. The van der Waals surface area contributed by atoms with Crippen molar-refractivity contribution in [3.63, 3.8) is 0 Å². The van der Waals surface area contributed by atoms with Crippen molar-refractivity contribution in [1.29, 1.82) is 0 Å². The molecule has 0 saturated heterocycles. The van der Waals surface area contributed by atoms with Crippen LogP contribution in [0.25, 0.3) is 0 Å². The summed E-state index contributed by atoms with van der Waals surface area (Å²) < 4.78 is 61.9. The summed E-state index contributed by atoms with van der Waals surface area (Å²) in [7, 11) is -1.87. The fourth-order valence-corrected chi connectivity index (χ4v) is 2.81. The summed E-state index contributed by atoms with van der Waals surface area (Å²) in [4.78, 5) is 0.109. The van der Waals surface area contributed by atoms with Crippen LogP contribution in [-0.2, 0) is 16.6 Å². The Morgan fingerprint density at radius 3 is 2.24 bits per heavy atom. The van der Waals surface area contributed by atoms with Crippen LogP contribution in [0.1, 0.15) is 24.8 Å². The molecule has 4 nitrogen and oxygen atoms in total. The van der Waals surface area contributed by atoms with Gasteiger partial charge in [0.05, 0.1) is 4.90 Å². The van der Waals surface area contributed by atoms with Crippen LogP contribution in [0.15, 0.2) is 29.2 Å². The third-order valence-corrected chi connectivity index (χ3v) is 4.27. The molecule has 0 atom stereocenters. The Hall–Kier alpha value is -1.12. The second-order valence-electron chi connectivity index (χ2n) is 4.64. The molecule has 1 aromatic carbocycles. The largest absolute Gasteiger partial charge is 0.389 e. The molecule has 0 heterocycles. The Kier molecular flexibility index (Phi) is 6.63. The van der Waals surface area contributed by atoms with E-state index in [0.29, 0.717) is 6.54 Å². The number of benzene rings is 1. The van der Waals surface area contributed by atoms with Crippen LogP contribution in [0.5, 0.6) is 0 Å². The Bertz CT molecular complexity index is 527. The van der Waals surface area contributed by atoms with Gasteiger partial charge >= 0.3 is 6.18 Å². The van der Waals surface area contributed by atoms with Crippen molar-refractivity contribution >= 4 is 10.0 Å². The van der Waals surface area contributed by atoms with Crippen LogP contribution in [0.2, 0.25) is 0 Å². The lowest BCUT2D eigenvalue weighted by Crippen LogP contribution is -2.25. The summed E-state index contributed by atoms with van der Waals surface area (Å²) in [5, 5.41) is 2.95. The molecule has 0 aliphatic heterocycles. The minimum Gasteiger partial charge on any atom is -0.316 e. The van der Waals surface area contributed by atoms with Gasteiger partial charge in [-0.1, -0.05) is 12.1 Å². The molecule has 8 heteroatoms. The predicted molar refractivity (Wildman–Crippen MR) is 74.3 cm³/mol. The molecule has 0 amide bonds. The molecule has 0 aromatic heterocycles. The normalized spacial score (nSPS) is 12.6. The van der Waals surface area contributed by atoms with Crippen LogP contribution < -0.4 is 10.0 Å². The van der Waals surface area contributed by atoms with Gasteiger partial charge in [0, 0.05) is 19.5 Å². The number of sulfonamides is 1. The van der Waals surface area contributed by atoms with Gasteiger partial charge in [0.2, 0.25) is 10.0 Å². The van der Waals surface area contributed by atoms with E-state index in [4.69, 9.17) is 0 Å². The highest BCUT2D eigenvalue weighted by atomic mass is 32.2. The summed E-state index contributed by atoms with van der Waals surface area (Å²) >= 11 is 0. The first-order valence-corrected chi connectivity index (χ1v) is 8.03. The van der Waals surface area contributed by atoms with E-state index in [1.807, 2.05) is 0 Å². The van der Waals surface area contributed by atoms with Gasteiger partial charge in [0.1, 0.15) is 0 Å². The molecule has 0 aliphatic carbocycles. The summed E-state index contributed by atoms with van der Waals surface area (Å²) in [5.41, 5.74) is 0.946. The van der Waals surface area contributed by atoms with Gasteiger partial charge in [-0.3, -0.25) is 0 Å². The van der Waals surface area contributed by atoms with Crippen molar-refractivity contribution in [2.24, 2.45) is 0 Å². The average Bonchev–Trinajstić information content (AvgIpc) is 2.38. The second kappa shape index (κ2) is 7.77. The van der Waals surface area contributed by atoms with E-state index in [1.54, 1.807) is 19.2 Å². The van der Waals surface area contributed by atoms with Crippen molar-refractivity contribution in [3.8, 4) is 0 Å².